The maximum absolute atomic E-state index is 11.9. The van der Waals surface area contributed by atoms with Crippen molar-refractivity contribution in [1.29, 1.82) is 0 Å². The molecule has 3 rings (SSSR count). The Bertz CT molecular complexity index is 818. The van der Waals surface area contributed by atoms with Crippen molar-refractivity contribution in [2.45, 2.75) is 0 Å². The van der Waals surface area contributed by atoms with Crippen LogP contribution in [0.3, 0.4) is 0 Å². The predicted octanol–water partition coefficient (Wildman–Crippen LogP) is 4.57. The molecule has 0 radical (unpaired) electrons. The lowest BCUT2D eigenvalue weighted by Crippen LogP contribution is -2.07. The number of benzene rings is 3. The fourth-order valence-electron chi connectivity index (χ4n) is 2.17. The number of anilines is 1. The van der Waals surface area contributed by atoms with Gasteiger partial charge in [0.15, 0.2) is 0 Å². The van der Waals surface area contributed by atoms with Gasteiger partial charge >= 0.3 is 0 Å². The van der Waals surface area contributed by atoms with Crippen LogP contribution < -0.4 is 9.46 Å². The second kappa shape index (κ2) is 7.21. The van der Waals surface area contributed by atoms with Gasteiger partial charge in [-0.3, -0.25) is 4.72 Å². The summed E-state index contributed by atoms with van der Waals surface area (Å²) in [6.07, 6.45) is 0. The number of hydrogen-bond acceptors (Lipinski definition) is 3. The summed E-state index contributed by atoms with van der Waals surface area (Å²) in [5.41, 5.74) is 0.544. The Morgan fingerprint density at radius 2 is 1.70 bits per heavy atom. The van der Waals surface area contributed by atoms with Crippen LogP contribution >= 0.6 is 0 Å². The molecule has 0 aliphatic heterocycles. The van der Waals surface area contributed by atoms with Crippen LogP contribution in [0.5, 0.6) is 11.5 Å². The van der Waals surface area contributed by atoms with Crippen LogP contribution in [0.15, 0.2) is 66.7 Å². The van der Waals surface area contributed by atoms with Gasteiger partial charge in [-0.1, -0.05) is 36.4 Å². The van der Waals surface area contributed by atoms with Crippen LogP contribution in [-0.2, 0) is 15.4 Å². The summed E-state index contributed by atoms with van der Waals surface area (Å²) >= 11 is -1.90. The van der Waals surface area contributed by atoms with Gasteiger partial charge in [0.05, 0.1) is 0 Å². The summed E-state index contributed by atoms with van der Waals surface area (Å²) in [6, 6.07) is 20.6. The number of alkyl halides is 1. The number of ether oxygens (including phenoxy) is 1. The Balaban J connectivity index is 1.76. The van der Waals surface area contributed by atoms with Gasteiger partial charge in [0, 0.05) is 11.1 Å². The summed E-state index contributed by atoms with van der Waals surface area (Å²) in [4.78, 5) is 0. The molecule has 0 spiro atoms. The molecule has 4 nitrogen and oxygen atoms in total. The molecule has 0 aliphatic rings. The van der Waals surface area contributed by atoms with Crippen molar-refractivity contribution in [2.75, 3.05) is 11.6 Å². The number of halogens is 1. The standard InChI is InChI=1S/C17H14FNO3S/c18-12-21-23(20)19-14-8-10-15(11-9-14)22-17-7-3-5-13-4-1-2-6-16(13)17/h1-11,19H,12H2. The van der Waals surface area contributed by atoms with E-state index in [9.17, 15) is 8.60 Å². The minimum atomic E-state index is -1.90. The highest BCUT2D eigenvalue weighted by molar-refractivity contribution is 7.81. The molecule has 118 valence electrons. The Hall–Kier alpha value is -2.44. The van der Waals surface area contributed by atoms with Crippen LogP contribution in [0.2, 0.25) is 0 Å². The van der Waals surface area contributed by atoms with E-state index in [0.717, 1.165) is 16.5 Å². The van der Waals surface area contributed by atoms with E-state index in [1.165, 1.54) is 0 Å². The summed E-state index contributed by atoms with van der Waals surface area (Å²) in [5.74, 6) is 1.40. The van der Waals surface area contributed by atoms with Crippen LogP contribution in [0, 0.1) is 0 Å². The smallest absolute Gasteiger partial charge is 0.264 e. The van der Waals surface area contributed by atoms with Crippen molar-refractivity contribution < 1.29 is 17.5 Å². The van der Waals surface area contributed by atoms with Crippen molar-refractivity contribution in [3.63, 3.8) is 0 Å². The molecule has 0 saturated carbocycles. The molecule has 23 heavy (non-hydrogen) atoms. The average molecular weight is 331 g/mol. The van der Waals surface area contributed by atoms with E-state index in [-0.39, 0.29) is 0 Å². The van der Waals surface area contributed by atoms with Crippen molar-refractivity contribution in [1.82, 2.24) is 0 Å². The number of rotatable bonds is 6. The van der Waals surface area contributed by atoms with E-state index in [2.05, 4.69) is 8.91 Å². The fraction of sp³-hybridized carbons (Fsp3) is 0.0588. The van der Waals surface area contributed by atoms with E-state index in [4.69, 9.17) is 4.74 Å². The van der Waals surface area contributed by atoms with E-state index < -0.39 is 18.1 Å². The highest BCUT2D eigenvalue weighted by Gasteiger charge is 2.04. The van der Waals surface area contributed by atoms with E-state index in [1.54, 1.807) is 24.3 Å². The largest absolute Gasteiger partial charge is 0.457 e. The molecule has 1 unspecified atom stereocenters. The minimum absolute atomic E-state index is 0.544. The Labute approximate surface area is 135 Å². The molecule has 1 atom stereocenters. The first-order valence-corrected chi connectivity index (χ1v) is 7.97. The van der Waals surface area contributed by atoms with Crippen LogP contribution in [0.1, 0.15) is 0 Å². The highest BCUT2D eigenvalue weighted by Crippen LogP contribution is 2.30. The number of hydrogen-bond donors (Lipinski definition) is 1. The Morgan fingerprint density at radius 1 is 0.957 bits per heavy atom. The quantitative estimate of drug-likeness (QED) is 0.720. The molecule has 3 aromatic carbocycles. The fourth-order valence-corrected chi connectivity index (χ4v) is 2.64. The lowest BCUT2D eigenvalue weighted by atomic mass is 10.1. The Kier molecular flexibility index (Phi) is 4.85. The molecule has 3 aromatic rings. The van der Waals surface area contributed by atoms with Gasteiger partial charge in [-0.05, 0) is 35.7 Å². The lowest BCUT2D eigenvalue weighted by molar-refractivity contribution is 0.213. The zero-order valence-corrected chi connectivity index (χ0v) is 12.9. The predicted molar refractivity (Wildman–Crippen MR) is 89.3 cm³/mol. The van der Waals surface area contributed by atoms with Crippen molar-refractivity contribution in [3.05, 3.63) is 66.7 Å². The van der Waals surface area contributed by atoms with Crippen molar-refractivity contribution in [3.8, 4) is 11.5 Å². The normalized spacial score (nSPS) is 12.0. The molecule has 0 aromatic heterocycles. The van der Waals surface area contributed by atoms with Crippen LogP contribution in [0.4, 0.5) is 10.1 Å². The second-order valence-corrected chi connectivity index (χ2v) is 5.58. The third-order valence-corrected chi connectivity index (χ3v) is 3.89. The van der Waals surface area contributed by atoms with Crippen molar-refractivity contribution in [2.24, 2.45) is 0 Å². The molecule has 6 heteroatoms. The third kappa shape index (κ3) is 3.85. The maximum Gasteiger partial charge on any atom is 0.264 e. The molecule has 0 aliphatic carbocycles. The molecule has 0 heterocycles. The lowest BCUT2D eigenvalue weighted by Gasteiger charge is -2.10. The molecular weight excluding hydrogens is 317 g/mol. The molecular formula is C17H14FNO3S. The average Bonchev–Trinajstić information content (AvgIpc) is 2.57. The molecule has 0 fully saturated rings. The molecule has 1 N–H and O–H groups in total. The first-order valence-electron chi connectivity index (χ1n) is 6.89. The monoisotopic (exact) mass is 331 g/mol. The van der Waals surface area contributed by atoms with E-state index in [0.29, 0.717) is 11.4 Å². The third-order valence-electron chi connectivity index (χ3n) is 3.18. The van der Waals surface area contributed by atoms with E-state index in [1.807, 2.05) is 42.5 Å². The topological polar surface area (TPSA) is 47.6 Å². The second-order valence-electron chi connectivity index (χ2n) is 4.67. The number of fused-ring (bicyclic) bond motifs is 1. The SMILES string of the molecule is O=S(Nc1ccc(Oc2cccc3ccccc23)cc1)OCF. The van der Waals surface area contributed by atoms with E-state index >= 15 is 0 Å². The first kappa shape index (κ1) is 15.5. The van der Waals surface area contributed by atoms with Gasteiger partial charge in [-0.15, -0.1) is 0 Å². The summed E-state index contributed by atoms with van der Waals surface area (Å²) in [6.45, 7) is -1.11. The maximum atomic E-state index is 11.9. The van der Waals surface area contributed by atoms with Crippen LogP contribution in [0.25, 0.3) is 10.8 Å². The zero-order chi connectivity index (χ0) is 16.1. The Morgan fingerprint density at radius 3 is 2.48 bits per heavy atom. The molecule has 0 bridgehead atoms. The molecule has 0 amide bonds. The molecule has 0 saturated heterocycles. The van der Waals surface area contributed by atoms with Gasteiger partial charge in [0.1, 0.15) is 11.5 Å². The summed E-state index contributed by atoms with van der Waals surface area (Å²) in [7, 11) is 0. The van der Waals surface area contributed by atoms with Gasteiger partial charge < -0.3 is 4.74 Å². The summed E-state index contributed by atoms with van der Waals surface area (Å²) < 4.78 is 35.9. The van der Waals surface area contributed by atoms with Gasteiger partial charge in [0.25, 0.3) is 11.3 Å². The first-order chi connectivity index (χ1) is 11.3. The minimum Gasteiger partial charge on any atom is -0.457 e. The number of nitrogens with one attached hydrogen (secondary N) is 1. The van der Waals surface area contributed by atoms with Gasteiger partial charge in [-0.25, -0.2) is 12.8 Å². The zero-order valence-electron chi connectivity index (χ0n) is 12.1. The van der Waals surface area contributed by atoms with Crippen molar-refractivity contribution >= 4 is 27.7 Å². The van der Waals surface area contributed by atoms with Gasteiger partial charge in [-0.2, -0.15) is 0 Å². The van der Waals surface area contributed by atoms with Crippen LogP contribution in [-0.4, -0.2) is 11.1 Å². The summed E-state index contributed by atoms with van der Waals surface area (Å²) in [5, 5.41) is 2.12. The highest BCUT2D eigenvalue weighted by atomic mass is 32.2. The van der Waals surface area contributed by atoms with Gasteiger partial charge in [0.2, 0.25) is 6.86 Å².